The molecule has 0 spiro atoms. The van der Waals surface area contributed by atoms with Gasteiger partial charge in [-0.2, -0.15) is 0 Å². The van der Waals surface area contributed by atoms with E-state index in [1.165, 1.54) is 0 Å². The minimum atomic E-state index is -0.117. The Labute approximate surface area is 212 Å². The summed E-state index contributed by atoms with van der Waals surface area (Å²) >= 11 is 0. The number of fused-ring (bicyclic) bond motifs is 1. The van der Waals surface area contributed by atoms with Crippen LogP contribution in [0.25, 0.3) is 10.8 Å². The predicted molar refractivity (Wildman–Crippen MR) is 144 cm³/mol. The molecule has 1 aliphatic rings. The Morgan fingerprint density at radius 1 is 0.861 bits per heavy atom. The normalized spacial score (nSPS) is 13.9. The first-order valence-electron chi connectivity index (χ1n) is 12.4. The second-order valence-electron chi connectivity index (χ2n) is 8.89. The number of hydrogen-bond donors (Lipinski definition) is 1. The molecule has 6 nitrogen and oxygen atoms in total. The van der Waals surface area contributed by atoms with E-state index in [1.54, 1.807) is 0 Å². The van der Waals surface area contributed by atoms with Gasteiger partial charge in [-0.05, 0) is 41.3 Å². The van der Waals surface area contributed by atoms with Crippen LogP contribution in [0.4, 0.5) is 10.5 Å². The molecule has 0 aromatic heterocycles. The van der Waals surface area contributed by atoms with Crippen molar-refractivity contribution in [2.24, 2.45) is 0 Å². The average Bonchev–Trinajstić information content (AvgIpc) is 2.92. The molecule has 0 radical (unpaired) electrons. The minimum Gasteiger partial charge on any atom is -0.457 e. The number of nitrogens with one attached hydrogen (secondary N) is 1. The highest BCUT2D eigenvalue weighted by Gasteiger charge is 2.18. The second-order valence-corrected chi connectivity index (χ2v) is 8.89. The van der Waals surface area contributed by atoms with Crippen LogP contribution >= 0.6 is 0 Å². The van der Waals surface area contributed by atoms with Crippen molar-refractivity contribution in [1.82, 2.24) is 9.80 Å². The maximum atomic E-state index is 13.5. The van der Waals surface area contributed by atoms with Crippen molar-refractivity contribution in [3.05, 3.63) is 103 Å². The van der Waals surface area contributed by atoms with Crippen molar-refractivity contribution in [1.29, 1.82) is 0 Å². The molecule has 0 unspecified atom stereocenters. The average molecular weight is 482 g/mol. The van der Waals surface area contributed by atoms with Crippen LogP contribution in [0.5, 0.6) is 11.5 Å². The highest BCUT2D eigenvalue weighted by atomic mass is 16.5. The van der Waals surface area contributed by atoms with Gasteiger partial charge in [-0.25, -0.2) is 4.79 Å². The number of amides is 2. The molecule has 0 bridgehead atoms. The van der Waals surface area contributed by atoms with Crippen molar-refractivity contribution in [3.8, 4) is 11.5 Å². The molecule has 0 atom stereocenters. The van der Waals surface area contributed by atoms with Gasteiger partial charge in [-0.15, -0.1) is 0 Å². The first kappa shape index (κ1) is 23.9. The Bertz CT molecular complexity index is 1280. The summed E-state index contributed by atoms with van der Waals surface area (Å²) in [5.74, 6) is 1.54. The summed E-state index contributed by atoms with van der Waals surface area (Å²) in [5.41, 5.74) is 1.83. The van der Waals surface area contributed by atoms with Crippen molar-refractivity contribution in [3.63, 3.8) is 0 Å². The molecule has 6 heteroatoms. The SMILES string of the molecule is O=C(Nc1cccc2ccccc12)N(CCN1CCOCC1)Cc1cccc(Oc2ccccc2)c1. The molecule has 0 saturated carbocycles. The van der Waals surface area contributed by atoms with Crippen molar-refractivity contribution in [2.45, 2.75) is 6.54 Å². The lowest BCUT2D eigenvalue weighted by Gasteiger charge is -2.30. The fourth-order valence-corrected chi connectivity index (χ4v) is 4.42. The van der Waals surface area contributed by atoms with Crippen LogP contribution in [0, 0.1) is 0 Å². The van der Waals surface area contributed by atoms with Crippen molar-refractivity contribution < 1.29 is 14.3 Å². The predicted octanol–water partition coefficient (Wildman–Crippen LogP) is 6.00. The molecule has 0 aliphatic carbocycles. The van der Waals surface area contributed by atoms with Crippen LogP contribution in [0.3, 0.4) is 0 Å². The summed E-state index contributed by atoms with van der Waals surface area (Å²) < 4.78 is 11.5. The van der Waals surface area contributed by atoms with E-state index in [2.05, 4.69) is 22.3 Å². The van der Waals surface area contributed by atoms with E-state index in [0.29, 0.717) is 13.1 Å². The highest BCUT2D eigenvalue weighted by Crippen LogP contribution is 2.25. The van der Waals surface area contributed by atoms with Gasteiger partial charge in [-0.3, -0.25) is 4.90 Å². The lowest BCUT2D eigenvalue weighted by molar-refractivity contribution is 0.0349. The third-order valence-electron chi connectivity index (χ3n) is 6.36. The van der Waals surface area contributed by atoms with Crippen LogP contribution < -0.4 is 10.1 Å². The molecule has 1 N–H and O–H groups in total. The molecule has 1 fully saturated rings. The number of ether oxygens (including phenoxy) is 2. The van der Waals surface area contributed by atoms with Gasteiger partial charge < -0.3 is 19.7 Å². The van der Waals surface area contributed by atoms with Crippen LogP contribution in [-0.2, 0) is 11.3 Å². The Morgan fingerprint density at radius 2 is 1.58 bits per heavy atom. The summed E-state index contributed by atoms with van der Waals surface area (Å²) in [6, 6.07) is 31.6. The molecule has 1 saturated heterocycles. The molecule has 5 rings (SSSR count). The number of morpholine rings is 1. The van der Waals surface area contributed by atoms with E-state index < -0.39 is 0 Å². The zero-order valence-electron chi connectivity index (χ0n) is 20.3. The van der Waals surface area contributed by atoms with Crippen LogP contribution in [0.15, 0.2) is 97.1 Å². The van der Waals surface area contributed by atoms with Gasteiger partial charge in [0.1, 0.15) is 11.5 Å². The van der Waals surface area contributed by atoms with Gasteiger partial charge in [-0.1, -0.05) is 66.7 Å². The Hall–Kier alpha value is -3.87. The van der Waals surface area contributed by atoms with Gasteiger partial charge in [0.2, 0.25) is 0 Å². The van der Waals surface area contributed by atoms with E-state index in [0.717, 1.165) is 66.4 Å². The first-order valence-corrected chi connectivity index (χ1v) is 12.4. The van der Waals surface area contributed by atoms with E-state index in [4.69, 9.17) is 9.47 Å². The standard InChI is InChI=1S/C30H31N3O3/c34-30(31-29-15-7-10-25-9-4-5-14-28(25)29)33(17-16-32-18-20-35-21-19-32)23-24-8-6-13-27(22-24)36-26-11-2-1-3-12-26/h1-15,22H,16-21,23H2,(H,31,34). The van der Waals surface area contributed by atoms with Gasteiger partial charge in [0.15, 0.2) is 0 Å². The van der Waals surface area contributed by atoms with Gasteiger partial charge in [0.05, 0.1) is 18.9 Å². The number of benzene rings is 4. The molecule has 4 aromatic rings. The smallest absolute Gasteiger partial charge is 0.322 e. The van der Waals surface area contributed by atoms with Gasteiger partial charge >= 0.3 is 6.03 Å². The molecule has 184 valence electrons. The fourth-order valence-electron chi connectivity index (χ4n) is 4.42. The number of urea groups is 1. The van der Waals surface area contributed by atoms with E-state index in [-0.39, 0.29) is 6.03 Å². The second kappa shape index (κ2) is 11.7. The number of para-hydroxylation sites is 1. The largest absolute Gasteiger partial charge is 0.457 e. The molecular formula is C30H31N3O3. The first-order chi connectivity index (χ1) is 17.7. The maximum Gasteiger partial charge on any atom is 0.322 e. The van der Waals surface area contributed by atoms with Crippen LogP contribution in [0.2, 0.25) is 0 Å². The fraction of sp³-hybridized carbons (Fsp3) is 0.233. The third kappa shape index (κ3) is 6.22. The number of carbonyl (C=O) groups excluding carboxylic acids is 1. The highest BCUT2D eigenvalue weighted by molar-refractivity contribution is 6.01. The molecule has 1 heterocycles. The Kier molecular flexibility index (Phi) is 7.76. The van der Waals surface area contributed by atoms with E-state index in [1.807, 2.05) is 89.8 Å². The monoisotopic (exact) mass is 481 g/mol. The molecule has 2 amide bonds. The number of rotatable bonds is 8. The van der Waals surface area contributed by atoms with E-state index >= 15 is 0 Å². The number of hydrogen-bond acceptors (Lipinski definition) is 4. The minimum absolute atomic E-state index is 0.117. The lowest BCUT2D eigenvalue weighted by atomic mass is 10.1. The number of carbonyl (C=O) groups is 1. The molecule has 36 heavy (non-hydrogen) atoms. The van der Waals surface area contributed by atoms with Crippen LogP contribution in [0.1, 0.15) is 5.56 Å². The quantitative estimate of drug-likeness (QED) is 0.335. The van der Waals surface area contributed by atoms with Crippen LogP contribution in [-0.4, -0.2) is 55.2 Å². The summed E-state index contributed by atoms with van der Waals surface area (Å²) in [6.45, 7) is 5.14. The van der Waals surface area contributed by atoms with E-state index in [9.17, 15) is 4.79 Å². The van der Waals surface area contributed by atoms with Gasteiger partial charge in [0.25, 0.3) is 0 Å². The zero-order chi connectivity index (χ0) is 24.6. The molecule has 4 aromatic carbocycles. The topological polar surface area (TPSA) is 54.0 Å². The van der Waals surface area contributed by atoms with Crippen molar-refractivity contribution in [2.75, 3.05) is 44.7 Å². The Morgan fingerprint density at radius 3 is 2.44 bits per heavy atom. The summed E-state index contributed by atoms with van der Waals surface area (Å²) in [4.78, 5) is 17.8. The zero-order valence-corrected chi connectivity index (χ0v) is 20.3. The molecular weight excluding hydrogens is 450 g/mol. The Balaban J connectivity index is 1.33. The summed E-state index contributed by atoms with van der Waals surface area (Å²) in [6.07, 6.45) is 0. The summed E-state index contributed by atoms with van der Waals surface area (Å²) in [7, 11) is 0. The summed E-state index contributed by atoms with van der Waals surface area (Å²) in [5, 5.41) is 5.29. The molecule has 1 aliphatic heterocycles. The lowest BCUT2D eigenvalue weighted by Crippen LogP contribution is -2.44. The third-order valence-corrected chi connectivity index (χ3v) is 6.36. The maximum absolute atomic E-state index is 13.5. The number of nitrogens with zero attached hydrogens (tertiary/aromatic N) is 2. The number of anilines is 1. The van der Waals surface area contributed by atoms with Gasteiger partial charge in [0, 0.05) is 38.1 Å². The van der Waals surface area contributed by atoms with Crippen molar-refractivity contribution >= 4 is 22.5 Å².